The molecule has 1 aromatic carbocycles. The molecule has 0 saturated carbocycles. The molecule has 2 rings (SSSR count). The Balaban J connectivity index is 2.06. The first-order chi connectivity index (χ1) is 10.2. The molecule has 2 aromatic rings. The van der Waals surface area contributed by atoms with E-state index in [1.54, 1.807) is 26.4 Å². The van der Waals surface area contributed by atoms with E-state index in [-0.39, 0.29) is 5.91 Å². The summed E-state index contributed by atoms with van der Waals surface area (Å²) in [6.45, 7) is 0.362. The molecule has 6 heteroatoms. The lowest BCUT2D eigenvalue weighted by molar-refractivity contribution is 0.0951. The number of hydrogen-bond acceptors (Lipinski definition) is 5. The summed E-state index contributed by atoms with van der Waals surface area (Å²) in [6.07, 6.45) is 2.98. The third kappa shape index (κ3) is 3.42. The van der Waals surface area contributed by atoms with Gasteiger partial charge in [0.2, 0.25) is 0 Å². The molecule has 0 aliphatic rings. The van der Waals surface area contributed by atoms with Gasteiger partial charge in [-0.2, -0.15) is 0 Å². The highest BCUT2D eigenvalue weighted by atomic mass is 16.5. The standard InChI is InChI=1S/C15H17N3O3/c1-20-13-4-3-10(7-14(13)21-2)8-18-15(19)11-5-6-17-9-12(11)16/h3-7,9H,8,16H2,1-2H3,(H,18,19). The minimum absolute atomic E-state index is 0.246. The number of hydrogen-bond donors (Lipinski definition) is 2. The summed E-state index contributed by atoms with van der Waals surface area (Å²) < 4.78 is 10.4. The van der Waals surface area contributed by atoms with E-state index in [1.807, 2.05) is 12.1 Å². The van der Waals surface area contributed by atoms with Crippen molar-refractivity contribution in [3.63, 3.8) is 0 Å². The lowest BCUT2D eigenvalue weighted by Crippen LogP contribution is -2.23. The van der Waals surface area contributed by atoms with Crippen molar-refractivity contribution in [2.45, 2.75) is 6.54 Å². The van der Waals surface area contributed by atoms with Crippen molar-refractivity contribution < 1.29 is 14.3 Å². The first-order valence-corrected chi connectivity index (χ1v) is 6.34. The van der Waals surface area contributed by atoms with Crippen LogP contribution in [0.3, 0.4) is 0 Å². The van der Waals surface area contributed by atoms with Gasteiger partial charge in [0.05, 0.1) is 31.7 Å². The first kappa shape index (κ1) is 14.6. The number of rotatable bonds is 5. The van der Waals surface area contributed by atoms with Gasteiger partial charge < -0.3 is 20.5 Å². The van der Waals surface area contributed by atoms with E-state index in [0.29, 0.717) is 29.3 Å². The van der Waals surface area contributed by atoms with Gasteiger partial charge in [-0.05, 0) is 23.8 Å². The topological polar surface area (TPSA) is 86.5 Å². The van der Waals surface area contributed by atoms with Gasteiger partial charge in [-0.1, -0.05) is 6.07 Å². The lowest BCUT2D eigenvalue weighted by Gasteiger charge is -2.11. The molecular formula is C15H17N3O3. The number of ether oxygens (including phenoxy) is 2. The molecule has 0 radical (unpaired) electrons. The summed E-state index contributed by atoms with van der Waals surface area (Å²) in [6, 6.07) is 7.05. The minimum atomic E-state index is -0.246. The van der Waals surface area contributed by atoms with Gasteiger partial charge in [0.15, 0.2) is 11.5 Å². The smallest absolute Gasteiger partial charge is 0.253 e. The number of nitrogen functional groups attached to an aromatic ring is 1. The summed E-state index contributed by atoms with van der Waals surface area (Å²) in [7, 11) is 3.14. The third-order valence-corrected chi connectivity index (χ3v) is 3.00. The molecule has 0 bridgehead atoms. The number of nitrogens with zero attached hydrogens (tertiary/aromatic N) is 1. The fourth-order valence-electron chi connectivity index (χ4n) is 1.88. The van der Waals surface area contributed by atoms with Crippen LogP contribution in [-0.4, -0.2) is 25.1 Å². The highest BCUT2D eigenvalue weighted by Gasteiger charge is 2.10. The lowest BCUT2D eigenvalue weighted by atomic mass is 10.1. The fourth-order valence-corrected chi connectivity index (χ4v) is 1.88. The maximum atomic E-state index is 12.0. The van der Waals surface area contributed by atoms with Crippen LogP contribution in [0.1, 0.15) is 15.9 Å². The Kier molecular flexibility index (Phi) is 4.61. The Bertz CT molecular complexity index is 644. The normalized spacial score (nSPS) is 10.0. The molecule has 110 valence electrons. The second-order valence-corrected chi connectivity index (χ2v) is 4.33. The number of amides is 1. The van der Waals surface area contributed by atoms with E-state index in [2.05, 4.69) is 10.3 Å². The van der Waals surface area contributed by atoms with Crippen molar-refractivity contribution >= 4 is 11.6 Å². The maximum Gasteiger partial charge on any atom is 0.253 e. The number of anilines is 1. The van der Waals surface area contributed by atoms with E-state index in [1.165, 1.54) is 12.4 Å². The van der Waals surface area contributed by atoms with Gasteiger partial charge in [0, 0.05) is 12.7 Å². The molecule has 0 atom stereocenters. The molecule has 0 unspecified atom stereocenters. The minimum Gasteiger partial charge on any atom is -0.493 e. The molecule has 0 fully saturated rings. The number of nitrogens with two attached hydrogens (primary N) is 1. The van der Waals surface area contributed by atoms with Crippen molar-refractivity contribution in [3.05, 3.63) is 47.8 Å². The number of methoxy groups -OCH3 is 2. The summed E-state index contributed by atoms with van der Waals surface area (Å²) in [5.74, 6) is 1.02. The Hall–Kier alpha value is -2.76. The van der Waals surface area contributed by atoms with Crippen LogP contribution in [0.4, 0.5) is 5.69 Å². The van der Waals surface area contributed by atoms with Crippen LogP contribution < -0.4 is 20.5 Å². The highest BCUT2D eigenvalue weighted by molar-refractivity contribution is 5.98. The Morgan fingerprint density at radius 3 is 2.67 bits per heavy atom. The Morgan fingerprint density at radius 2 is 2.00 bits per heavy atom. The second kappa shape index (κ2) is 6.60. The molecule has 0 aliphatic carbocycles. The number of carbonyl (C=O) groups is 1. The number of pyridine rings is 1. The number of carbonyl (C=O) groups excluding carboxylic acids is 1. The maximum absolute atomic E-state index is 12.0. The fraction of sp³-hybridized carbons (Fsp3) is 0.200. The van der Waals surface area contributed by atoms with Crippen LogP contribution in [0.5, 0.6) is 11.5 Å². The average Bonchev–Trinajstić information content (AvgIpc) is 2.52. The Labute approximate surface area is 122 Å². The summed E-state index contributed by atoms with van der Waals surface area (Å²) >= 11 is 0. The molecule has 1 aromatic heterocycles. The average molecular weight is 287 g/mol. The monoisotopic (exact) mass is 287 g/mol. The molecule has 0 spiro atoms. The number of nitrogens with one attached hydrogen (secondary N) is 1. The summed E-state index contributed by atoms with van der Waals surface area (Å²) in [5.41, 5.74) is 7.37. The van der Waals surface area contributed by atoms with Crippen LogP contribution in [0.25, 0.3) is 0 Å². The predicted molar refractivity (Wildman–Crippen MR) is 79.4 cm³/mol. The molecule has 1 amide bonds. The molecular weight excluding hydrogens is 270 g/mol. The van der Waals surface area contributed by atoms with E-state index in [0.717, 1.165) is 5.56 Å². The van der Waals surface area contributed by atoms with Gasteiger partial charge >= 0.3 is 0 Å². The number of benzene rings is 1. The van der Waals surface area contributed by atoms with Crippen LogP contribution in [0.15, 0.2) is 36.7 Å². The molecule has 3 N–H and O–H groups in total. The number of aromatic nitrogens is 1. The van der Waals surface area contributed by atoms with Gasteiger partial charge in [-0.25, -0.2) is 0 Å². The third-order valence-electron chi connectivity index (χ3n) is 3.00. The van der Waals surface area contributed by atoms with E-state index in [9.17, 15) is 4.79 Å². The van der Waals surface area contributed by atoms with Crippen LogP contribution in [-0.2, 0) is 6.54 Å². The van der Waals surface area contributed by atoms with Crippen molar-refractivity contribution in [2.24, 2.45) is 0 Å². The zero-order valence-electron chi connectivity index (χ0n) is 11.9. The van der Waals surface area contributed by atoms with Gasteiger partial charge in [0.25, 0.3) is 5.91 Å². The van der Waals surface area contributed by atoms with Gasteiger partial charge in [-0.15, -0.1) is 0 Å². The van der Waals surface area contributed by atoms with Crippen LogP contribution >= 0.6 is 0 Å². The quantitative estimate of drug-likeness (QED) is 0.872. The predicted octanol–water partition coefficient (Wildman–Crippen LogP) is 1.61. The first-order valence-electron chi connectivity index (χ1n) is 6.34. The SMILES string of the molecule is COc1ccc(CNC(=O)c2ccncc2N)cc1OC. The van der Waals surface area contributed by atoms with Gasteiger partial charge in [-0.3, -0.25) is 9.78 Å². The van der Waals surface area contributed by atoms with Crippen LogP contribution in [0.2, 0.25) is 0 Å². The van der Waals surface area contributed by atoms with E-state index < -0.39 is 0 Å². The molecule has 21 heavy (non-hydrogen) atoms. The summed E-state index contributed by atoms with van der Waals surface area (Å²) in [5, 5.41) is 2.80. The van der Waals surface area contributed by atoms with E-state index >= 15 is 0 Å². The molecule has 6 nitrogen and oxygen atoms in total. The Morgan fingerprint density at radius 1 is 1.24 bits per heavy atom. The van der Waals surface area contributed by atoms with Gasteiger partial charge in [0.1, 0.15) is 0 Å². The largest absolute Gasteiger partial charge is 0.493 e. The van der Waals surface area contributed by atoms with Crippen molar-refractivity contribution in [2.75, 3.05) is 20.0 Å². The van der Waals surface area contributed by atoms with E-state index in [4.69, 9.17) is 15.2 Å². The van der Waals surface area contributed by atoms with Crippen molar-refractivity contribution in [3.8, 4) is 11.5 Å². The highest BCUT2D eigenvalue weighted by Crippen LogP contribution is 2.27. The van der Waals surface area contributed by atoms with Crippen molar-refractivity contribution in [1.82, 2.24) is 10.3 Å². The molecule has 0 aliphatic heterocycles. The van der Waals surface area contributed by atoms with Crippen LogP contribution in [0, 0.1) is 0 Å². The zero-order chi connectivity index (χ0) is 15.2. The second-order valence-electron chi connectivity index (χ2n) is 4.33. The van der Waals surface area contributed by atoms with Crippen molar-refractivity contribution in [1.29, 1.82) is 0 Å². The molecule has 1 heterocycles. The molecule has 0 saturated heterocycles. The summed E-state index contributed by atoms with van der Waals surface area (Å²) in [4.78, 5) is 15.9. The zero-order valence-corrected chi connectivity index (χ0v) is 11.9.